The van der Waals surface area contributed by atoms with Gasteiger partial charge in [-0.2, -0.15) is 0 Å². The van der Waals surface area contributed by atoms with E-state index in [4.69, 9.17) is 9.47 Å². The van der Waals surface area contributed by atoms with E-state index in [1.54, 1.807) is 12.1 Å². The predicted molar refractivity (Wildman–Crippen MR) is 151 cm³/mol. The lowest BCUT2D eigenvalue weighted by molar-refractivity contribution is -0.118. The number of ether oxygens (including phenoxy) is 2. The zero-order chi connectivity index (χ0) is 27.1. The molecule has 3 aromatic rings. The van der Waals surface area contributed by atoms with Crippen molar-refractivity contribution in [3.05, 3.63) is 77.4 Å². The van der Waals surface area contributed by atoms with Crippen LogP contribution in [0.5, 0.6) is 11.5 Å². The molecule has 5 rings (SSSR count). The molecule has 1 heterocycles. The highest BCUT2D eigenvalue weighted by Crippen LogP contribution is 2.51. The number of amides is 2. The summed E-state index contributed by atoms with van der Waals surface area (Å²) in [6.45, 7) is 8.03. The van der Waals surface area contributed by atoms with E-state index in [-0.39, 0.29) is 39.5 Å². The molecule has 202 valence electrons. The molecule has 1 fully saturated rings. The fourth-order valence-corrected chi connectivity index (χ4v) is 4.81. The van der Waals surface area contributed by atoms with Crippen molar-refractivity contribution in [2.75, 3.05) is 18.7 Å². The SMILES string of the molecule is Cc1ccc(NC(=O)C2(c3ccc4c(c3)OCO4)CC2)cc1-c1ccc(C(=O)N[C@@H](CO)C(C)(C)C)cc1.[HH].[HH]. The Labute approximate surface area is 226 Å². The van der Waals surface area contributed by atoms with Gasteiger partial charge in [-0.05, 0) is 83.8 Å². The Morgan fingerprint density at radius 3 is 2.37 bits per heavy atom. The third kappa shape index (κ3) is 4.98. The number of fused-ring (bicyclic) bond motifs is 1. The van der Waals surface area contributed by atoms with Crippen LogP contribution >= 0.6 is 0 Å². The number of anilines is 1. The van der Waals surface area contributed by atoms with Gasteiger partial charge < -0.3 is 25.2 Å². The standard InChI is InChI=1S/C31H34N2O5.2H2/c1-19-5-11-23(32-29(36)31(13-14-31)22-10-12-25-26(15-22)38-18-37-25)16-24(19)20-6-8-21(9-7-20)28(35)33-27(17-34)30(2,3)4;;/h5-12,15-16,27,34H,13-14,17-18H2,1-4H3,(H,32,36)(H,33,35);2*1H/t27-;;/m0../s1. The Bertz CT molecular complexity index is 1380. The molecular formula is C31H38N2O5. The van der Waals surface area contributed by atoms with Gasteiger partial charge in [0.15, 0.2) is 11.5 Å². The number of aryl methyl sites for hydroxylation is 1. The average Bonchev–Trinajstić information content (AvgIpc) is 3.58. The molecule has 7 nitrogen and oxygen atoms in total. The Hall–Kier alpha value is -3.84. The summed E-state index contributed by atoms with van der Waals surface area (Å²) in [5.74, 6) is 1.14. The van der Waals surface area contributed by atoms with Crippen molar-refractivity contribution in [3.63, 3.8) is 0 Å². The molecule has 3 N–H and O–H groups in total. The Morgan fingerprint density at radius 2 is 1.71 bits per heavy atom. The number of rotatable bonds is 7. The first-order chi connectivity index (χ1) is 18.1. The number of hydrogen-bond acceptors (Lipinski definition) is 5. The summed E-state index contributed by atoms with van der Waals surface area (Å²) in [4.78, 5) is 26.1. The van der Waals surface area contributed by atoms with Gasteiger partial charge in [-0.3, -0.25) is 9.59 Å². The fourth-order valence-electron chi connectivity index (χ4n) is 4.81. The zero-order valence-electron chi connectivity index (χ0n) is 22.3. The Balaban J connectivity index is 0.00000220. The predicted octanol–water partition coefficient (Wildman–Crippen LogP) is 5.69. The highest BCUT2D eigenvalue weighted by Gasteiger charge is 2.51. The number of carbonyl (C=O) groups excluding carboxylic acids is 2. The van der Waals surface area contributed by atoms with Crippen LogP contribution in [0.4, 0.5) is 5.69 Å². The smallest absolute Gasteiger partial charge is 0.251 e. The molecule has 7 heteroatoms. The monoisotopic (exact) mass is 518 g/mol. The highest BCUT2D eigenvalue weighted by atomic mass is 16.7. The van der Waals surface area contributed by atoms with E-state index in [9.17, 15) is 14.7 Å². The number of nitrogens with one attached hydrogen (secondary N) is 2. The van der Waals surface area contributed by atoms with Crippen molar-refractivity contribution in [2.45, 2.75) is 52.0 Å². The summed E-state index contributed by atoms with van der Waals surface area (Å²) >= 11 is 0. The first-order valence-electron chi connectivity index (χ1n) is 13.0. The third-order valence-electron chi connectivity index (χ3n) is 7.60. The molecule has 0 unspecified atom stereocenters. The number of carbonyl (C=O) groups is 2. The Morgan fingerprint density at radius 1 is 1.00 bits per heavy atom. The molecule has 0 spiro atoms. The van der Waals surface area contributed by atoms with E-state index in [1.165, 1.54) is 0 Å². The van der Waals surface area contributed by atoms with Crippen LogP contribution < -0.4 is 20.1 Å². The second-order valence-electron chi connectivity index (χ2n) is 11.3. The van der Waals surface area contributed by atoms with Crippen LogP contribution in [0.15, 0.2) is 60.7 Å². The van der Waals surface area contributed by atoms with Crippen LogP contribution in [0, 0.1) is 12.3 Å². The molecule has 0 bridgehead atoms. The van der Waals surface area contributed by atoms with Crippen LogP contribution in [-0.4, -0.2) is 36.4 Å². The lowest BCUT2D eigenvalue weighted by Gasteiger charge is -2.29. The van der Waals surface area contributed by atoms with Crippen molar-refractivity contribution in [1.82, 2.24) is 5.32 Å². The van der Waals surface area contributed by atoms with Crippen molar-refractivity contribution in [1.29, 1.82) is 0 Å². The van der Waals surface area contributed by atoms with Gasteiger partial charge in [-0.15, -0.1) is 0 Å². The number of aliphatic hydroxyl groups is 1. The lowest BCUT2D eigenvalue weighted by atomic mass is 9.87. The average molecular weight is 519 g/mol. The zero-order valence-corrected chi connectivity index (χ0v) is 22.3. The van der Waals surface area contributed by atoms with Gasteiger partial charge >= 0.3 is 0 Å². The van der Waals surface area contributed by atoms with Crippen LogP contribution in [0.3, 0.4) is 0 Å². The van der Waals surface area contributed by atoms with Gasteiger partial charge in [0.2, 0.25) is 12.7 Å². The molecule has 0 radical (unpaired) electrons. The molecule has 2 aliphatic rings. The molecule has 38 heavy (non-hydrogen) atoms. The normalized spacial score (nSPS) is 16.0. The summed E-state index contributed by atoms with van der Waals surface area (Å²) < 4.78 is 10.9. The van der Waals surface area contributed by atoms with Crippen molar-refractivity contribution >= 4 is 17.5 Å². The van der Waals surface area contributed by atoms with E-state index in [1.807, 2.05) is 76.2 Å². The van der Waals surface area contributed by atoms with Crippen molar-refractivity contribution < 1.29 is 27.0 Å². The molecular weight excluding hydrogens is 480 g/mol. The number of hydrogen-bond donors (Lipinski definition) is 3. The second-order valence-corrected chi connectivity index (χ2v) is 11.3. The number of aliphatic hydroxyl groups excluding tert-OH is 1. The molecule has 1 saturated carbocycles. The van der Waals surface area contributed by atoms with Crippen molar-refractivity contribution in [3.8, 4) is 22.6 Å². The van der Waals surface area contributed by atoms with Crippen molar-refractivity contribution in [2.24, 2.45) is 5.41 Å². The molecule has 1 aliphatic carbocycles. The molecule has 1 aliphatic heterocycles. The highest BCUT2D eigenvalue weighted by molar-refractivity contribution is 6.02. The molecule has 0 aromatic heterocycles. The quantitative estimate of drug-likeness (QED) is 0.373. The maximum atomic E-state index is 13.4. The minimum Gasteiger partial charge on any atom is -0.454 e. The summed E-state index contributed by atoms with van der Waals surface area (Å²) in [7, 11) is 0. The molecule has 0 saturated heterocycles. The van der Waals surface area contributed by atoms with E-state index < -0.39 is 5.41 Å². The van der Waals surface area contributed by atoms with E-state index in [2.05, 4.69) is 10.6 Å². The van der Waals surface area contributed by atoms with Gasteiger partial charge in [0.1, 0.15) is 0 Å². The topological polar surface area (TPSA) is 96.9 Å². The third-order valence-corrected chi connectivity index (χ3v) is 7.60. The van der Waals surface area contributed by atoms with E-state index >= 15 is 0 Å². The fraction of sp³-hybridized carbons (Fsp3) is 0.355. The molecule has 1 atom stereocenters. The summed E-state index contributed by atoms with van der Waals surface area (Å²) in [6.07, 6.45) is 1.57. The minimum atomic E-state index is -0.555. The van der Waals surface area contributed by atoms with Gasteiger partial charge in [-0.25, -0.2) is 0 Å². The largest absolute Gasteiger partial charge is 0.454 e. The van der Waals surface area contributed by atoms with Gasteiger partial charge in [0.25, 0.3) is 5.91 Å². The maximum absolute atomic E-state index is 13.4. The molecule has 3 aromatic carbocycles. The van der Waals surface area contributed by atoms with Crippen LogP contribution in [0.1, 0.15) is 58.0 Å². The number of benzene rings is 3. The Kier molecular flexibility index (Phi) is 6.65. The van der Waals surface area contributed by atoms with E-state index in [0.717, 1.165) is 40.8 Å². The van der Waals surface area contributed by atoms with Gasteiger partial charge in [-0.1, -0.05) is 45.0 Å². The molecule has 2 amide bonds. The first-order valence-corrected chi connectivity index (χ1v) is 13.0. The second kappa shape index (κ2) is 9.80. The van der Waals surface area contributed by atoms with Gasteiger partial charge in [0.05, 0.1) is 18.1 Å². The minimum absolute atomic E-state index is 0. The summed E-state index contributed by atoms with van der Waals surface area (Å²) in [6, 6.07) is 18.6. The van der Waals surface area contributed by atoms with Crippen LogP contribution in [0.25, 0.3) is 11.1 Å². The van der Waals surface area contributed by atoms with Crippen LogP contribution in [0.2, 0.25) is 0 Å². The van der Waals surface area contributed by atoms with E-state index in [0.29, 0.717) is 17.1 Å². The van der Waals surface area contributed by atoms with Crippen LogP contribution in [-0.2, 0) is 10.2 Å². The lowest BCUT2D eigenvalue weighted by Crippen LogP contribution is -2.46. The summed E-state index contributed by atoms with van der Waals surface area (Å²) in [5, 5.41) is 15.7. The maximum Gasteiger partial charge on any atom is 0.251 e. The first kappa shape index (κ1) is 25.8. The summed E-state index contributed by atoms with van der Waals surface area (Å²) in [5.41, 5.74) is 4.36. The van der Waals surface area contributed by atoms with Gasteiger partial charge in [0, 0.05) is 14.1 Å².